The minimum absolute atomic E-state index is 0.0543. The first-order chi connectivity index (χ1) is 7.22. The molecule has 0 unspecified atom stereocenters. The summed E-state index contributed by atoms with van der Waals surface area (Å²) in [5, 5.41) is 0. The van der Waals surface area contributed by atoms with Crippen molar-refractivity contribution >= 4 is 0 Å². The van der Waals surface area contributed by atoms with Crippen LogP contribution in [0.5, 0.6) is 0 Å². The van der Waals surface area contributed by atoms with E-state index in [2.05, 4.69) is 9.55 Å². The second-order valence-electron chi connectivity index (χ2n) is 4.22. The largest absolute Gasteiger partial charge is 0.378 e. The summed E-state index contributed by atoms with van der Waals surface area (Å²) in [6.07, 6.45) is 6.35. The van der Waals surface area contributed by atoms with Crippen LogP contribution in [0, 0.1) is 0 Å². The normalized spacial score (nSPS) is 27.4. The first kappa shape index (κ1) is 10.6. The first-order valence-electron chi connectivity index (χ1n) is 5.61. The maximum atomic E-state index is 5.88. The zero-order chi connectivity index (χ0) is 10.8. The Hall–Kier alpha value is -0.870. The Morgan fingerprint density at radius 3 is 3.00 bits per heavy atom. The molecule has 1 aromatic rings. The molecule has 1 aliphatic rings. The number of nitrogens with two attached hydrogens (primary N) is 1. The van der Waals surface area contributed by atoms with Crippen LogP contribution in [-0.2, 0) is 4.74 Å². The highest BCUT2D eigenvalue weighted by molar-refractivity contribution is 5.07. The molecule has 2 rings (SSSR count). The fourth-order valence-electron chi connectivity index (χ4n) is 2.11. The quantitative estimate of drug-likeness (QED) is 0.820. The highest BCUT2D eigenvalue weighted by Crippen LogP contribution is 2.35. The fourth-order valence-corrected chi connectivity index (χ4v) is 2.11. The molecule has 15 heavy (non-hydrogen) atoms. The Balaban J connectivity index is 1.97. The van der Waals surface area contributed by atoms with E-state index >= 15 is 0 Å². The van der Waals surface area contributed by atoms with E-state index in [0.717, 1.165) is 25.1 Å². The molecule has 0 aliphatic heterocycles. The average Bonchev–Trinajstić information content (AvgIpc) is 2.58. The maximum Gasteiger partial charge on any atom is 0.0951 e. The molecule has 84 valence electrons. The predicted molar refractivity (Wildman–Crippen MR) is 58.5 cm³/mol. The SMILES string of the molecule is CCOC1CC(n2cncc2[C@@H](C)N)C1. The van der Waals surface area contributed by atoms with E-state index in [1.54, 1.807) is 0 Å². The van der Waals surface area contributed by atoms with Crippen LogP contribution >= 0.6 is 0 Å². The number of hydrogen-bond donors (Lipinski definition) is 1. The van der Waals surface area contributed by atoms with Crippen LogP contribution in [0.1, 0.15) is 44.5 Å². The zero-order valence-corrected chi connectivity index (χ0v) is 9.39. The molecule has 1 fully saturated rings. The summed E-state index contributed by atoms with van der Waals surface area (Å²) in [5.41, 5.74) is 7.00. The Labute approximate surface area is 90.4 Å². The van der Waals surface area contributed by atoms with Crippen LogP contribution in [0.3, 0.4) is 0 Å². The summed E-state index contributed by atoms with van der Waals surface area (Å²) >= 11 is 0. The lowest BCUT2D eigenvalue weighted by Gasteiger charge is -2.36. The second-order valence-corrected chi connectivity index (χ2v) is 4.22. The highest BCUT2D eigenvalue weighted by atomic mass is 16.5. The van der Waals surface area contributed by atoms with Gasteiger partial charge >= 0.3 is 0 Å². The molecule has 4 heteroatoms. The van der Waals surface area contributed by atoms with Crippen molar-refractivity contribution in [2.24, 2.45) is 5.73 Å². The molecule has 1 atom stereocenters. The molecule has 0 amide bonds. The lowest BCUT2D eigenvalue weighted by atomic mass is 9.88. The Kier molecular flexibility index (Phi) is 3.07. The molecular weight excluding hydrogens is 190 g/mol. The molecule has 1 heterocycles. The van der Waals surface area contributed by atoms with Gasteiger partial charge in [0.05, 0.1) is 18.1 Å². The zero-order valence-electron chi connectivity index (χ0n) is 9.39. The van der Waals surface area contributed by atoms with Crippen LogP contribution in [0.25, 0.3) is 0 Å². The summed E-state index contributed by atoms with van der Waals surface area (Å²) in [4.78, 5) is 4.16. The Morgan fingerprint density at radius 1 is 1.67 bits per heavy atom. The van der Waals surface area contributed by atoms with Gasteiger partial charge in [0.2, 0.25) is 0 Å². The molecule has 1 aromatic heterocycles. The van der Waals surface area contributed by atoms with Crippen LogP contribution in [-0.4, -0.2) is 22.3 Å². The first-order valence-corrected chi connectivity index (χ1v) is 5.61. The molecule has 0 spiro atoms. The van der Waals surface area contributed by atoms with Gasteiger partial charge in [-0.05, 0) is 26.7 Å². The fraction of sp³-hybridized carbons (Fsp3) is 0.727. The molecule has 2 N–H and O–H groups in total. The van der Waals surface area contributed by atoms with E-state index in [-0.39, 0.29) is 6.04 Å². The third-order valence-electron chi connectivity index (χ3n) is 3.03. The third kappa shape index (κ3) is 2.06. The maximum absolute atomic E-state index is 5.88. The van der Waals surface area contributed by atoms with E-state index in [4.69, 9.17) is 10.5 Å². The summed E-state index contributed by atoms with van der Waals surface area (Å²) in [7, 11) is 0. The monoisotopic (exact) mass is 209 g/mol. The topological polar surface area (TPSA) is 53.1 Å². The Morgan fingerprint density at radius 2 is 2.40 bits per heavy atom. The van der Waals surface area contributed by atoms with E-state index < -0.39 is 0 Å². The smallest absolute Gasteiger partial charge is 0.0951 e. The molecule has 0 bridgehead atoms. The predicted octanol–water partition coefficient (Wildman–Crippen LogP) is 1.64. The van der Waals surface area contributed by atoms with Crippen molar-refractivity contribution in [3.8, 4) is 0 Å². The van der Waals surface area contributed by atoms with Gasteiger partial charge < -0.3 is 15.0 Å². The van der Waals surface area contributed by atoms with E-state index in [1.807, 2.05) is 26.4 Å². The van der Waals surface area contributed by atoms with Crippen LogP contribution in [0.15, 0.2) is 12.5 Å². The summed E-state index contributed by atoms with van der Waals surface area (Å²) < 4.78 is 7.74. The minimum atomic E-state index is 0.0543. The number of rotatable bonds is 4. The van der Waals surface area contributed by atoms with E-state index in [0.29, 0.717) is 12.1 Å². The molecule has 0 saturated heterocycles. The number of imidazole rings is 1. The van der Waals surface area contributed by atoms with Gasteiger partial charge in [-0.15, -0.1) is 0 Å². The van der Waals surface area contributed by atoms with Crippen molar-refractivity contribution in [1.82, 2.24) is 9.55 Å². The minimum Gasteiger partial charge on any atom is -0.378 e. The van der Waals surface area contributed by atoms with Crippen molar-refractivity contribution in [3.63, 3.8) is 0 Å². The van der Waals surface area contributed by atoms with Gasteiger partial charge in [-0.25, -0.2) is 4.98 Å². The molecule has 1 aliphatic carbocycles. The number of nitrogens with zero attached hydrogens (tertiary/aromatic N) is 2. The average molecular weight is 209 g/mol. The van der Waals surface area contributed by atoms with Gasteiger partial charge in [0, 0.05) is 24.9 Å². The summed E-state index contributed by atoms with van der Waals surface area (Å²) in [6, 6.07) is 0.587. The van der Waals surface area contributed by atoms with Crippen LogP contribution in [0.4, 0.5) is 0 Å². The number of aromatic nitrogens is 2. The third-order valence-corrected chi connectivity index (χ3v) is 3.03. The molecule has 0 radical (unpaired) electrons. The number of hydrogen-bond acceptors (Lipinski definition) is 3. The van der Waals surface area contributed by atoms with E-state index in [1.165, 1.54) is 0 Å². The molecule has 4 nitrogen and oxygen atoms in total. The van der Waals surface area contributed by atoms with Crippen LogP contribution < -0.4 is 5.73 Å². The van der Waals surface area contributed by atoms with Gasteiger partial charge in [0.15, 0.2) is 0 Å². The van der Waals surface area contributed by atoms with Gasteiger partial charge in [0.25, 0.3) is 0 Å². The van der Waals surface area contributed by atoms with Gasteiger partial charge in [-0.2, -0.15) is 0 Å². The molecular formula is C11H19N3O. The molecule has 1 saturated carbocycles. The second kappa shape index (κ2) is 4.33. The van der Waals surface area contributed by atoms with Crippen molar-refractivity contribution in [3.05, 3.63) is 18.2 Å². The summed E-state index contributed by atoms with van der Waals surface area (Å²) in [6.45, 7) is 4.84. The van der Waals surface area contributed by atoms with Crippen molar-refractivity contribution < 1.29 is 4.74 Å². The van der Waals surface area contributed by atoms with Crippen molar-refractivity contribution in [1.29, 1.82) is 0 Å². The van der Waals surface area contributed by atoms with Gasteiger partial charge in [0.1, 0.15) is 0 Å². The highest BCUT2D eigenvalue weighted by Gasteiger charge is 2.32. The molecule has 0 aromatic carbocycles. The standard InChI is InChI=1S/C11H19N3O/c1-3-15-10-4-9(5-10)14-7-13-6-11(14)8(2)12/h6-10H,3-5,12H2,1-2H3/t8-,9?,10?/m1/s1. The van der Waals surface area contributed by atoms with E-state index in [9.17, 15) is 0 Å². The number of ether oxygens (including phenoxy) is 1. The lowest BCUT2D eigenvalue weighted by molar-refractivity contribution is -0.0204. The van der Waals surface area contributed by atoms with Crippen LogP contribution in [0.2, 0.25) is 0 Å². The van der Waals surface area contributed by atoms with Crippen molar-refractivity contribution in [2.75, 3.05) is 6.61 Å². The van der Waals surface area contributed by atoms with Crippen molar-refractivity contribution in [2.45, 2.75) is 44.9 Å². The lowest BCUT2D eigenvalue weighted by Crippen LogP contribution is -2.34. The van der Waals surface area contributed by atoms with Gasteiger partial charge in [-0.3, -0.25) is 0 Å². The summed E-state index contributed by atoms with van der Waals surface area (Å²) in [5.74, 6) is 0. The Bertz CT molecular complexity index is 315. The van der Waals surface area contributed by atoms with Gasteiger partial charge in [-0.1, -0.05) is 0 Å².